The van der Waals surface area contributed by atoms with Crippen LogP contribution in [0.3, 0.4) is 0 Å². The second-order valence-electron chi connectivity index (χ2n) is 8.39. The van der Waals surface area contributed by atoms with Crippen molar-refractivity contribution in [3.05, 3.63) is 59.7 Å². The first-order valence-corrected chi connectivity index (χ1v) is 15.4. The van der Waals surface area contributed by atoms with E-state index in [4.69, 9.17) is 9.47 Å². The smallest absolute Gasteiger partial charge is 0.437 e. The molecule has 15 heteroatoms. The number of hydrogen-bond donors (Lipinski definition) is 0. The molecule has 0 aliphatic rings. The Morgan fingerprint density at radius 2 is 1.15 bits per heavy atom. The predicted molar refractivity (Wildman–Crippen MR) is 144 cm³/mol. The highest BCUT2D eigenvalue weighted by Crippen LogP contribution is 2.25. The topological polar surface area (TPSA) is 130 Å². The van der Waals surface area contributed by atoms with Crippen LogP contribution in [0.1, 0.15) is 51.2 Å². The Bertz CT molecular complexity index is 1360. The Hall–Kier alpha value is -3.33. The van der Waals surface area contributed by atoms with Crippen LogP contribution in [-0.4, -0.2) is 59.2 Å². The van der Waals surface area contributed by atoms with Crippen LogP contribution in [0.15, 0.2) is 58.8 Å². The Kier molecular flexibility index (Phi) is 12.2. The first-order valence-electron chi connectivity index (χ1n) is 12.2. The van der Waals surface area contributed by atoms with Gasteiger partial charge < -0.3 is 9.47 Å². The lowest BCUT2D eigenvalue weighted by atomic mass is 10.1. The predicted octanol–water partition coefficient (Wildman–Crippen LogP) is 5.04. The summed E-state index contributed by atoms with van der Waals surface area (Å²) in [5.41, 5.74) is -0.826. The fourth-order valence-corrected chi connectivity index (χ4v) is 4.60. The van der Waals surface area contributed by atoms with E-state index < -0.39 is 37.9 Å². The minimum absolute atomic E-state index is 0.123. The number of rotatable bonds is 16. The van der Waals surface area contributed by atoms with E-state index in [0.717, 1.165) is 12.1 Å². The normalized spacial score (nSPS) is 13.2. The molecular weight excluding hydrogens is 577 g/mol. The third-order valence-electron chi connectivity index (χ3n) is 4.93. The van der Waals surface area contributed by atoms with Crippen molar-refractivity contribution >= 4 is 31.7 Å². The zero-order valence-electron chi connectivity index (χ0n) is 22.2. The number of oxime groups is 2. The molecule has 40 heavy (non-hydrogen) atoms. The van der Waals surface area contributed by atoms with Gasteiger partial charge in [0.1, 0.15) is 11.5 Å². The maximum Gasteiger partial charge on any atom is 0.437 e. The van der Waals surface area contributed by atoms with Gasteiger partial charge in [0.2, 0.25) is 0 Å². The van der Waals surface area contributed by atoms with E-state index in [0.29, 0.717) is 35.6 Å². The summed E-state index contributed by atoms with van der Waals surface area (Å²) in [6.45, 7) is 5.38. The van der Waals surface area contributed by atoms with Gasteiger partial charge in [-0.05, 0) is 73.9 Å². The van der Waals surface area contributed by atoms with Crippen molar-refractivity contribution in [3.8, 4) is 11.5 Å². The van der Waals surface area contributed by atoms with E-state index in [9.17, 15) is 30.0 Å². The molecule has 0 atom stereocenters. The SMILES string of the molecule is CCCS(=O)(=O)ON=C(C)c1ccc(OCCCOc2ccc(C(=NOS(=O)(=O)CCC)C(F)(F)F)cc2)cc1. The molecule has 0 amide bonds. The molecule has 0 aliphatic heterocycles. The molecule has 0 fully saturated rings. The average Bonchev–Trinajstić information content (AvgIpc) is 2.87. The molecule has 222 valence electrons. The highest BCUT2D eigenvalue weighted by Gasteiger charge is 2.38. The van der Waals surface area contributed by atoms with Gasteiger partial charge in [-0.2, -0.15) is 30.0 Å². The van der Waals surface area contributed by atoms with E-state index in [-0.39, 0.29) is 31.0 Å². The van der Waals surface area contributed by atoms with Gasteiger partial charge in [0, 0.05) is 12.0 Å². The molecule has 0 bridgehead atoms. The van der Waals surface area contributed by atoms with Crippen molar-refractivity contribution in [2.45, 2.75) is 46.2 Å². The second kappa shape index (κ2) is 14.9. The fourth-order valence-electron chi connectivity index (χ4n) is 3.04. The molecule has 2 rings (SSSR count). The molecular formula is C25H31F3N2O8S2. The Balaban J connectivity index is 1.85. The number of hydrogen-bond acceptors (Lipinski definition) is 10. The van der Waals surface area contributed by atoms with Gasteiger partial charge in [0.05, 0.1) is 30.4 Å². The largest absolute Gasteiger partial charge is 0.493 e. The van der Waals surface area contributed by atoms with Crippen LogP contribution in [0, 0.1) is 0 Å². The van der Waals surface area contributed by atoms with E-state index in [1.165, 1.54) is 12.1 Å². The molecule has 0 N–H and O–H groups in total. The van der Waals surface area contributed by atoms with Gasteiger partial charge >= 0.3 is 26.4 Å². The first kappa shape index (κ1) is 32.9. The molecule has 0 heterocycles. The minimum atomic E-state index is -4.94. The molecule has 0 saturated carbocycles. The van der Waals surface area contributed by atoms with Crippen molar-refractivity contribution in [1.82, 2.24) is 0 Å². The molecule has 0 radical (unpaired) electrons. The van der Waals surface area contributed by atoms with E-state index in [2.05, 4.69) is 18.9 Å². The van der Waals surface area contributed by atoms with Crippen LogP contribution in [0.5, 0.6) is 11.5 Å². The molecule has 2 aromatic carbocycles. The minimum Gasteiger partial charge on any atom is -0.493 e. The van der Waals surface area contributed by atoms with Crippen LogP contribution in [-0.2, 0) is 28.8 Å². The summed E-state index contributed by atoms with van der Waals surface area (Å²) < 4.78 is 106. The molecule has 0 unspecified atom stereocenters. The lowest BCUT2D eigenvalue weighted by Gasteiger charge is -2.12. The third kappa shape index (κ3) is 11.4. The molecule has 0 aliphatic carbocycles. The monoisotopic (exact) mass is 608 g/mol. The molecule has 0 aromatic heterocycles. The number of halogens is 3. The van der Waals surface area contributed by atoms with Crippen molar-refractivity contribution in [1.29, 1.82) is 0 Å². The molecule has 0 spiro atoms. The zero-order valence-corrected chi connectivity index (χ0v) is 23.8. The van der Waals surface area contributed by atoms with Gasteiger partial charge in [0.15, 0.2) is 5.71 Å². The lowest BCUT2D eigenvalue weighted by Crippen LogP contribution is -2.25. The second-order valence-corrected chi connectivity index (χ2v) is 11.7. The van der Waals surface area contributed by atoms with Crippen LogP contribution in [0.25, 0.3) is 0 Å². The molecule has 10 nitrogen and oxygen atoms in total. The van der Waals surface area contributed by atoms with Crippen LogP contribution in [0.4, 0.5) is 13.2 Å². The highest BCUT2D eigenvalue weighted by atomic mass is 32.2. The van der Waals surface area contributed by atoms with Crippen LogP contribution < -0.4 is 9.47 Å². The summed E-state index contributed by atoms with van der Waals surface area (Å²) in [7, 11) is -7.91. The molecule has 0 saturated heterocycles. The van der Waals surface area contributed by atoms with Crippen LogP contribution >= 0.6 is 0 Å². The van der Waals surface area contributed by atoms with E-state index in [1.54, 1.807) is 45.0 Å². The van der Waals surface area contributed by atoms with Crippen molar-refractivity contribution in [2.75, 3.05) is 24.7 Å². The lowest BCUT2D eigenvalue weighted by molar-refractivity contribution is -0.0597. The molecule has 2 aromatic rings. The standard InChI is InChI=1S/C25H31F3N2O8S2/c1-4-17-39(31,32)37-29-19(3)20-7-11-22(12-8-20)35-15-6-16-36-23-13-9-21(10-14-23)24(25(26,27)28)30-38-40(33,34)18-5-2/h7-14H,4-6,15-18H2,1-3H3. The average molecular weight is 609 g/mol. The summed E-state index contributed by atoms with van der Waals surface area (Å²) in [6.07, 6.45) is -3.88. The quantitative estimate of drug-likeness (QED) is 0.147. The Morgan fingerprint density at radius 3 is 1.57 bits per heavy atom. The number of ether oxygens (including phenoxy) is 2. The van der Waals surface area contributed by atoms with Crippen molar-refractivity contribution < 1.29 is 48.0 Å². The Labute approximate surface area is 232 Å². The maximum absolute atomic E-state index is 13.4. The summed E-state index contributed by atoms with van der Waals surface area (Å²) >= 11 is 0. The zero-order chi connectivity index (χ0) is 29.8. The van der Waals surface area contributed by atoms with Gasteiger partial charge in [-0.15, -0.1) is 0 Å². The van der Waals surface area contributed by atoms with E-state index >= 15 is 0 Å². The Morgan fingerprint density at radius 1 is 0.725 bits per heavy atom. The summed E-state index contributed by atoms with van der Waals surface area (Å²) in [4.78, 5) is 0. The van der Waals surface area contributed by atoms with E-state index in [1.807, 2.05) is 0 Å². The number of nitrogens with zero attached hydrogens (tertiary/aromatic N) is 2. The van der Waals surface area contributed by atoms with Crippen molar-refractivity contribution in [2.24, 2.45) is 10.3 Å². The van der Waals surface area contributed by atoms with Gasteiger partial charge in [0.25, 0.3) is 0 Å². The van der Waals surface area contributed by atoms with Crippen molar-refractivity contribution in [3.63, 3.8) is 0 Å². The summed E-state index contributed by atoms with van der Waals surface area (Å²) in [6, 6.07) is 11.6. The summed E-state index contributed by atoms with van der Waals surface area (Å²) in [5, 5.41) is 6.51. The maximum atomic E-state index is 13.4. The van der Waals surface area contributed by atoms with Gasteiger partial charge in [-0.1, -0.05) is 24.2 Å². The van der Waals surface area contributed by atoms with Gasteiger partial charge in [-0.25, -0.2) is 0 Å². The third-order valence-corrected chi connectivity index (χ3v) is 7.35. The fraction of sp³-hybridized carbons (Fsp3) is 0.440. The highest BCUT2D eigenvalue weighted by molar-refractivity contribution is 7.86. The number of benzene rings is 2. The number of alkyl halides is 3. The van der Waals surface area contributed by atoms with Gasteiger partial charge in [-0.3, -0.25) is 8.57 Å². The summed E-state index contributed by atoms with van der Waals surface area (Å²) in [5.74, 6) is 0.276. The first-order chi connectivity index (χ1) is 18.8. The van der Waals surface area contributed by atoms with Crippen LogP contribution in [0.2, 0.25) is 0 Å².